The monoisotopic (exact) mass is 1480 g/mol. The minimum Gasteiger partial charge on any atom is -0.462 e. The van der Waals surface area contributed by atoms with E-state index in [0.717, 1.165) is 148 Å². The van der Waals surface area contributed by atoms with Gasteiger partial charge in [-0.15, -0.1) is 0 Å². The van der Waals surface area contributed by atoms with Gasteiger partial charge in [0.05, 0.1) is 26.4 Å². The molecule has 2 unspecified atom stereocenters. The van der Waals surface area contributed by atoms with E-state index in [4.69, 9.17) is 37.0 Å². The molecule has 0 saturated heterocycles. The molecular weight excluding hydrogens is 1330 g/mol. The number of unbranched alkanes of at least 4 members (excludes halogenated alkanes) is 37. The van der Waals surface area contributed by atoms with Gasteiger partial charge in [-0.2, -0.15) is 0 Å². The average Bonchev–Trinajstić information content (AvgIpc) is 1.21. The fourth-order valence-electron chi connectivity index (χ4n) is 11.1. The van der Waals surface area contributed by atoms with Gasteiger partial charge in [0.1, 0.15) is 19.3 Å². The van der Waals surface area contributed by atoms with E-state index < -0.39 is 97.5 Å². The molecule has 3 N–H and O–H groups in total. The Labute approximate surface area is 621 Å². The number of esters is 4. The summed E-state index contributed by atoms with van der Waals surface area (Å²) in [6.45, 7) is 4.75. The van der Waals surface area contributed by atoms with Crippen molar-refractivity contribution in [1.29, 1.82) is 0 Å². The molecule has 0 amide bonds. The number of hydrogen-bond acceptors (Lipinski definition) is 15. The van der Waals surface area contributed by atoms with Crippen LogP contribution >= 0.6 is 15.6 Å². The maximum atomic E-state index is 13.1. The summed E-state index contributed by atoms with van der Waals surface area (Å²) < 4.78 is 68.6. The van der Waals surface area contributed by atoms with Crippen LogP contribution in [0.25, 0.3) is 0 Å². The second kappa shape index (κ2) is 75.5. The van der Waals surface area contributed by atoms with E-state index in [1.165, 1.54) is 135 Å². The first-order chi connectivity index (χ1) is 49.7. The molecule has 19 heteroatoms. The first kappa shape index (κ1) is 98.2. The van der Waals surface area contributed by atoms with Crippen LogP contribution in [0.4, 0.5) is 0 Å². The predicted octanol–water partition coefficient (Wildman–Crippen LogP) is 23.8. The zero-order valence-corrected chi connectivity index (χ0v) is 66.6. The number of aliphatic hydroxyl groups excluding tert-OH is 1. The third-order valence-electron chi connectivity index (χ3n) is 17.3. The van der Waals surface area contributed by atoms with Crippen molar-refractivity contribution in [2.45, 2.75) is 380 Å². The lowest BCUT2D eigenvalue weighted by atomic mass is 10.0. The predicted molar refractivity (Wildman–Crippen MR) is 418 cm³/mol. The highest BCUT2D eigenvalue weighted by Crippen LogP contribution is 2.45. The highest BCUT2D eigenvalue weighted by Gasteiger charge is 2.30. The van der Waals surface area contributed by atoms with Crippen molar-refractivity contribution in [3.05, 3.63) is 85.1 Å². The lowest BCUT2D eigenvalue weighted by Crippen LogP contribution is -2.30. The van der Waals surface area contributed by atoms with Gasteiger partial charge in [-0.05, 0) is 122 Å². The van der Waals surface area contributed by atoms with Crippen LogP contribution in [0.5, 0.6) is 0 Å². The van der Waals surface area contributed by atoms with Crippen LogP contribution in [0.15, 0.2) is 85.1 Å². The Balaban J connectivity index is 5.38. The molecule has 0 aromatic carbocycles. The summed E-state index contributed by atoms with van der Waals surface area (Å²) in [5.74, 6) is -2.20. The topological polar surface area (TPSA) is 237 Å². The van der Waals surface area contributed by atoms with E-state index in [-0.39, 0.29) is 25.7 Å². The van der Waals surface area contributed by atoms with Crippen LogP contribution in [0.2, 0.25) is 0 Å². The van der Waals surface area contributed by atoms with Crippen molar-refractivity contribution in [3.8, 4) is 0 Å². The molecule has 0 aromatic rings. The van der Waals surface area contributed by atoms with Gasteiger partial charge < -0.3 is 33.8 Å². The molecule has 0 aromatic heterocycles. The van der Waals surface area contributed by atoms with Crippen LogP contribution in [-0.4, -0.2) is 96.7 Å². The smallest absolute Gasteiger partial charge is 0.462 e. The lowest BCUT2D eigenvalue weighted by Gasteiger charge is -2.21. The molecule has 0 heterocycles. The van der Waals surface area contributed by atoms with E-state index in [2.05, 4.69) is 113 Å². The van der Waals surface area contributed by atoms with Gasteiger partial charge in [0, 0.05) is 25.7 Å². The number of aliphatic hydroxyl groups is 1. The number of phosphoric ester groups is 2. The molecule has 592 valence electrons. The fraction of sp³-hybridized carbons (Fsp3) is 0.783. The number of allylic oxidation sites excluding steroid dienone is 14. The molecule has 0 aliphatic carbocycles. The van der Waals surface area contributed by atoms with Gasteiger partial charge in [-0.25, -0.2) is 9.13 Å². The average molecular weight is 1480 g/mol. The summed E-state index contributed by atoms with van der Waals surface area (Å²) in [7, 11) is -9.96. The molecule has 5 atom stereocenters. The van der Waals surface area contributed by atoms with Crippen LogP contribution in [0.1, 0.15) is 362 Å². The molecule has 0 fully saturated rings. The normalized spacial score (nSPS) is 14.3. The van der Waals surface area contributed by atoms with Crippen molar-refractivity contribution < 1.29 is 80.2 Å². The number of hydrogen-bond donors (Lipinski definition) is 3. The Bertz CT molecular complexity index is 2260. The fourth-order valence-corrected chi connectivity index (χ4v) is 12.7. The van der Waals surface area contributed by atoms with Crippen LogP contribution in [0.3, 0.4) is 0 Å². The summed E-state index contributed by atoms with van der Waals surface area (Å²) in [5, 5.41) is 10.6. The molecule has 102 heavy (non-hydrogen) atoms. The summed E-state index contributed by atoms with van der Waals surface area (Å²) >= 11 is 0. The quantitative estimate of drug-likeness (QED) is 0.0169. The van der Waals surface area contributed by atoms with Crippen LogP contribution in [0, 0.1) is 0 Å². The molecule has 0 aliphatic heterocycles. The maximum Gasteiger partial charge on any atom is 0.472 e. The van der Waals surface area contributed by atoms with E-state index in [9.17, 15) is 43.2 Å². The number of rotatable bonds is 77. The first-order valence-electron chi connectivity index (χ1n) is 40.8. The van der Waals surface area contributed by atoms with Crippen LogP contribution in [-0.2, 0) is 65.4 Å². The highest BCUT2D eigenvalue weighted by molar-refractivity contribution is 7.47. The SMILES string of the molecule is CC/C=C\C/C=C\C/C=C\C/C=C\C/C=C\CCCCCC(=O)O[C@H](COC(=O)CCCCCCCCC/C=C\CCCCCC)COP(=O)(O)OC[C@@H](O)COP(=O)(O)OC[C@@H](COC(=O)CCCCCCCCCCCCCCC)OC(=O)CCCCCCC/C=C\CCCCCCCC. The van der Waals surface area contributed by atoms with Gasteiger partial charge in [0.15, 0.2) is 12.2 Å². The standard InChI is InChI=1S/C83H148O17P2/c1-5-9-13-17-21-25-29-33-36-37-38-39-42-46-50-54-58-62-66-70-83(88)100-79(74-94-81(86)68-64-60-56-52-48-44-40-34-30-26-22-18-14-10-6-2)76-98-102(91,92)96-72-77(84)71-95-101(89,90)97-75-78(73-93-80(85)67-63-59-55-51-47-43-32-28-24-20-16-12-8-4)99-82(87)69-65-61-57-53-49-45-41-35-31-27-23-19-15-11-7-3/h9,13,21,25-26,30,33,35-36,38-39,41,46,50,77-79,84H,5-8,10-12,14-20,22-24,27-29,31-32,34,37,40,42-45,47-49,51-76H2,1-4H3,(H,89,90)(H,91,92)/b13-9-,25-21-,30-26-,36-33-,39-38-,41-35-,50-46-/t77-,78+,79+/m0/s1. The third-order valence-corrected chi connectivity index (χ3v) is 19.2. The molecule has 0 rings (SSSR count). The molecule has 0 saturated carbocycles. The molecule has 17 nitrogen and oxygen atoms in total. The highest BCUT2D eigenvalue weighted by atomic mass is 31.2. The summed E-state index contributed by atoms with van der Waals surface area (Å²) in [4.78, 5) is 73.0. The number of carbonyl (C=O) groups excluding carboxylic acids is 4. The Hall–Kier alpha value is -3.76. The van der Waals surface area contributed by atoms with Gasteiger partial charge in [0.25, 0.3) is 0 Å². The van der Waals surface area contributed by atoms with Crippen LogP contribution < -0.4 is 0 Å². The van der Waals surface area contributed by atoms with Gasteiger partial charge >= 0.3 is 39.5 Å². The number of phosphoric acid groups is 2. The van der Waals surface area contributed by atoms with E-state index in [1.807, 2.05) is 0 Å². The summed E-state index contributed by atoms with van der Waals surface area (Å²) in [6.07, 6.45) is 78.4. The van der Waals surface area contributed by atoms with E-state index in [1.54, 1.807) is 0 Å². The minimum absolute atomic E-state index is 0.0564. The van der Waals surface area contributed by atoms with Crippen molar-refractivity contribution in [3.63, 3.8) is 0 Å². The van der Waals surface area contributed by atoms with Crippen molar-refractivity contribution in [1.82, 2.24) is 0 Å². The van der Waals surface area contributed by atoms with Gasteiger partial charge in [-0.3, -0.25) is 37.3 Å². The molecule has 0 aliphatic rings. The maximum absolute atomic E-state index is 13.1. The third kappa shape index (κ3) is 74.5. The number of ether oxygens (including phenoxy) is 4. The Morgan fingerprint density at radius 3 is 0.814 bits per heavy atom. The molecular formula is C83H148O17P2. The summed E-state index contributed by atoms with van der Waals surface area (Å²) in [6, 6.07) is 0. The Morgan fingerprint density at radius 2 is 0.510 bits per heavy atom. The van der Waals surface area contributed by atoms with E-state index in [0.29, 0.717) is 25.7 Å². The zero-order valence-electron chi connectivity index (χ0n) is 64.8. The minimum atomic E-state index is -4.98. The molecule has 0 spiro atoms. The zero-order chi connectivity index (χ0) is 74.6. The second-order valence-corrected chi connectivity index (χ2v) is 30.2. The summed E-state index contributed by atoms with van der Waals surface area (Å²) in [5.41, 5.74) is 0. The van der Waals surface area contributed by atoms with E-state index >= 15 is 0 Å². The van der Waals surface area contributed by atoms with Crippen molar-refractivity contribution >= 4 is 39.5 Å². The van der Waals surface area contributed by atoms with Crippen molar-refractivity contribution in [2.75, 3.05) is 39.6 Å². The molecule has 0 bridgehead atoms. The second-order valence-electron chi connectivity index (χ2n) is 27.3. The van der Waals surface area contributed by atoms with Gasteiger partial charge in [0.2, 0.25) is 0 Å². The number of carbonyl (C=O) groups is 4. The van der Waals surface area contributed by atoms with Gasteiger partial charge in [-0.1, -0.05) is 299 Å². The first-order valence-corrected chi connectivity index (χ1v) is 43.8. The molecule has 0 radical (unpaired) electrons. The Kier molecular flexibility index (Phi) is 72.7. The largest absolute Gasteiger partial charge is 0.472 e. The lowest BCUT2D eigenvalue weighted by molar-refractivity contribution is -0.161. The van der Waals surface area contributed by atoms with Crippen molar-refractivity contribution in [2.24, 2.45) is 0 Å². The Morgan fingerprint density at radius 1 is 0.284 bits per heavy atom.